The van der Waals surface area contributed by atoms with E-state index in [-0.39, 0.29) is 16.1 Å². The third kappa shape index (κ3) is 2.11. The number of non-ortho nitro benzene ring substituents is 1. The fourth-order valence-corrected chi connectivity index (χ4v) is 3.03. The standard InChI is InChI=1S/C13H17N3O2/c17-16(18)12-3-1-2-11(8-12)9-14-13-4-6-15(10-13)7-5-13/h1-3,8,14H,4-7,9-10H2. The number of nitro benzene ring substituents is 1. The molecule has 0 aromatic heterocycles. The lowest BCUT2D eigenvalue weighted by Gasteiger charge is -2.26. The zero-order chi connectivity index (χ0) is 12.6. The van der Waals surface area contributed by atoms with Crippen molar-refractivity contribution in [1.82, 2.24) is 10.2 Å². The molecule has 96 valence electrons. The fraction of sp³-hybridized carbons (Fsp3) is 0.538. The quantitative estimate of drug-likeness (QED) is 0.647. The molecule has 1 N–H and O–H groups in total. The van der Waals surface area contributed by atoms with Crippen molar-refractivity contribution in [3.8, 4) is 0 Å². The van der Waals surface area contributed by atoms with E-state index in [1.807, 2.05) is 6.07 Å². The van der Waals surface area contributed by atoms with Gasteiger partial charge in [0.1, 0.15) is 0 Å². The molecule has 2 aliphatic heterocycles. The number of piperidine rings is 1. The van der Waals surface area contributed by atoms with Crippen molar-refractivity contribution in [2.75, 3.05) is 19.6 Å². The Hall–Kier alpha value is -1.46. The van der Waals surface area contributed by atoms with Crippen molar-refractivity contribution >= 4 is 5.69 Å². The summed E-state index contributed by atoms with van der Waals surface area (Å²) in [6.07, 6.45) is 2.39. The molecule has 0 unspecified atom stereocenters. The van der Waals surface area contributed by atoms with Gasteiger partial charge in [0.2, 0.25) is 0 Å². The summed E-state index contributed by atoms with van der Waals surface area (Å²) >= 11 is 0. The molecule has 0 radical (unpaired) electrons. The highest BCUT2D eigenvalue weighted by Gasteiger charge is 2.42. The van der Waals surface area contributed by atoms with Gasteiger partial charge in [0.15, 0.2) is 0 Å². The Bertz CT molecular complexity index is 467. The number of nitrogens with zero attached hydrogens (tertiary/aromatic N) is 2. The summed E-state index contributed by atoms with van der Waals surface area (Å²) in [5, 5.41) is 14.3. The zero-order valence-electron chi connectivity index (χ0n) is 10.3. The van der Waals surface area contributed by atoms with Crippen LogP contribution in [0, 0.1) is 10.1 Å². The Morgan fingerprint density at radius 3 is 2.78 bits per heavy atom. The molecule has 3 rings (SSSR count). The van der Waals surface area contributed by atoms with E-state index in [1.165, 1.54) is 32.0 Å². The second kappa shape index (κ2) is 4.33. The summed E-state index contributed by atoms with van der Waals surface area (Å²) in [6, 6.07) is 6.89. The average Bonchev–Trinajstić information content (AvgIpc) is 2.98. The van der Waals surface area contributed by atoms with E-state index in [1.54, 1.807) is 12.1 Å². The molecule has 0 spiro atoms. The normalized spacial score (nSPS) is 29.7. The van der Waals surface area contributed by atoms with Gasteiger partial charge in [-0.05, 0) is 18.4 Å². The van der Waals surface area contributed by atoms with Crippen LogP contribution in [0.25, 0.3) is 0 Å². The molecule has 2 aliphatic rings. The van der Waals surface area contributed by atoms with E-state index >= 15 is 0 Å². The minimum absolute atomic E-state index is 0.172. The summed E-state index contributed by atoms with van der Waals surface area (Å²) in [4.78, 5) is 12.9. The van der Waals surface area contributed by atoms with Crippen LogP contribution >= 0.6 is 0 Å². The van der Waals surface area contributed by atoms with Gasteiger partial charge in [0.25, 0.3) is 5.69 Å². The molecule has 5 heteroatoms. The average molecular weight is 247 g/mol. The van der Waals surface area contributed by atoms with Crippen LogP contribution in [-0.2, 0) is 6.54 Å². The molecule has 0 atom stereocenters. The molecule has 1 aromatic rings. The van der Waals surface area contributed by atoms with Crippen LogP contribution in [0.4, 0.5) is 5.69 Å². The minimum atomic E-state index is -0.339. The fourth-order valence-electron chi connectivity index (χ4n) is 3.03. The minimum Gasteiger partial charge on any atom is -0.306 e. The lowest BCUT2D eigenvalue weighted by Crippen LogP contribution is -2.43. The van der Waals surface area contributed by atoms with Crippen molar-refractivity contribution in [3.05, 3.63) is 39.9 Å². The second-order valence-electron chi connectivity index (χ2n) is 5.34. The summed E-state index contributed by atoms with van der Waals surface area (Å²) in [7, 11) is 0. The van der Waals surface area contributed by atoms with Crippen LogP contribution in [0.2, 0.25) is 0 Å². The van der Waals surface area contributed by atoms with Gasteiger partial charge in [-0.3, -0.25) is 10.1 Å². The van der Waals surface area contributed by atoms with Gasteiger partial charge in [0, 0.05) is 43.9 Å². The van der Waals surface area contributed by atoms with Crippen molar-refractivity contribution < 1.29 is 4.92 Å². The van der Waals surface area contributed by atoms with Gasteiger partial charge in [-0.2, -0.15) is 0 Å². The summed E-state index contributed by atoms with van der Waals surface area (Å²) in [6.45, 7) is 4.21. The SMILES string of the molecule is O=[N+]([O-])c1cccc(CNC23CCN(CC2)C3)c1. The number of benzene rings is 1. The van der Waals surface area contributed by atoms with Crippen LogP contribution in [-0.4, -0.2) is 35.0 Å². The maximum absolute atomic E-state index is 10.7. The lowest BCUT2D eigenvalue weighted by molar-refractivity contribution is -0.384. The molecule has 0 aliphatic carbocycles. The van der Waals surface area contributed by atoms with Crippen LogP contribution in [0.15, 0.2) is 24.3 Å². The Balaban J connectivity index is 1.66. The molecular formula is C13H17N3O2. The molecule has 2 heterocycles. The smallest absolute Gasteiger partial charge is 0.269 e. The zero-order valence-corrected chi connectivity index (χ0v) is 10.3. The molecule has 2 saturated heterocycles. The first-order valence-electron chi connectivity index (χ1n) is 6.38. The Morgan fingerprint density at radius 1 is 1.39 bits per heavy atom. The highest BCUT2D eigenvalue weighted by molar-refractivity contribution is 5.34. The number of rotatable bonds is 4. The van der Waals surface area contributed by atoms with E-state index in [0.717, 1.165) is 18.7 Å². The molecule has 18 heavy (non-hydrogen) atoms. The second-order valence-corrected chi connectivity index (χ2v) is 5.34. The van der Waals surface area contributed by atoms with Gasteiger partial charge >= 0.3 is 0 Å². The first-order chi connectivity index (χ1) is 8.67. The summed E-state index contributed by atoms with van der Waals surface area (Å²) in [5.74, 6) is 0. The van der Waals surface area contributed by atoms with Gasteiger partial charge in [-0.15, -0.1) is 0 Å². The Morgan fingerprint density at radius 2 is 2.17 bits per heavy atom. The van der Waals surface area contributed by atoms with Crippen LogP contribution in [0.1, 0.15) is 18.4 Å². The third-order valence-corrected chi connectivity index (χ3v) is 4.13. The van der Waals surface area contributed by atoms with E-state index in [2.05, 4.69) is 10.2 Å². The van der Waals surface area contributed by atoms with E-state index in [4.69, 9.17) is 0 Å². The summed E-state index contributed by atoms with van der Waals surface area (Å²) < 4.78 is 0. The number of nitro groups is 1. The maximum atomic E-state index is 10.7. The van der Waals surface area contributed by atoms with E-state index in [0.29, 0.717) is 0 Å². The van der Waals surface area contributed by atoms with Gasteiger partial charge in [0.05, 0.1) is 4.92 Å². The van der Waals surface area contributed by atoms with Gasteiger partial charge < -0.3 is 10.2 Å². The third-order valence-electron chi connectivity index (χ3n) is 4.13. The molecule has 2 bridgehead atoms. The first-order valence-corrected chi connectivity index (χ1v) is 6.38. The molecular weight excluding hydrogens is 230 g/mol. The number of nitrogens with one attached hydrogen (secondary N) is 1. The van der Waals surface area contributed by atoms with E-state index < -0.39 is 0 Å². The predicted octanol–water partition coefficient (Wildman–Crippen LogP) is 1.53. The molecule has 0 saturated carbocycles. The lowest BCUT2D eigenvalue weighted by atomic mass is 9.95. The van der Waals surface area contributed by atoms with Crippen molar-refractivity contribution in [2.24, 2.45) is 0 Å². The largest absolute Gasteiger partial charge is 0.306 e. The highest BCUT2D eigenvalue weighted by atomic mass is 16.6. The van der Waals surface area contributed by atoms with Crippen molar-refractivity contribution in [3.63, 3.8) is 0 Å². The topological polar surface area (TPSA) is 58.4 Å². The predicted molar refractivity (Wildman–Crippen MR) is 68.3 cm³/mol. The van der Waals surface area contributed by atoms with Crippen LogP contribution < -0.4 is 5.32 Å². The number of hydrogen-bond donors (Lipinski definition) is 1. The Kier molecular flexibility index (Phi) is 2.80. The summed E-state index contributed by atoms with van der Waals surface area (Å²) in [5.41, 5.74) is 1.42. The van der Waals surface area contributed by atoms with Crippen molar-refractivity contribution in [2.45, 2.75) is 24.9 Å². The van der Waals surface area contributed by atoms with Crippen LogP contribution in [0.5, 0.6) is 0 Å². The number of hydrogen-bond acceptors (Lipinski definition) is 4. The Labute approximate surface area is 106 Å². The van der Waals surface area contributed by atoms with Gasteiger partial charge in [-0.1, -0.05) is 12.1 Å². The monoisotopic (exact) mass is 247 g/mol. The maximum Gasteiger partial charge on any atom is 0.269 e. The molecule has 0 amide bonds. The van der Waals surface area contributed by atoms with E-state index in [9.17, 15) is 10.1 Å². The van der Waals surface area contributed by atoms with Crippen LogP contribution in [0.3, 0.4) is 0 Å². The van der Waals surface area contributed by atoms with Gasteiger partial charge in [-0.25, -0.2) is 0 Å². The number of fused-ring (bicyclic) bond motifs is 2. The molecule has 5 nitrogen and oxygen atoms in total. The van der Waals surface area contributed by atoms with Crippen molar-refractivity contribution in [1.29, 1.82) is 0 Å². The first kappa shape index (κ1) is 11.6. The highest BCUT2D eigenvalue weighted by Crippen LogP contribution is 2.32. The molecule has 2 fully saturated rings. The molecule has 1 aromatic carbocycles.